The van der Waals surface area contributed by atoms with Crippen LogP contribution in [0.15, 0.2) is 12.7 Å². The van der Waals surface area contributed by atoms with Crippen LogP contribution in [0.1, 0.15) is 7.85 Å². The van der Waals surface area contributed by atoms with Gasteiger partial charge in [-0.25, -0.2) is 9.36 Å². The molecule has 0 saturated heterocycles. The molecule has 78 valence electrons. The zero-order valence-electron chi connectivity index (χ0n) is 8.88. The Kier molecular flexibility index (Phi) is 10.3. The number of carbonyl (C=O) groups is 1. The molecule has 0 aromatic heterocycles. The summed E-state index contributed by atoms with van der Waals surface area (Å²) in [4.78, 5) is 26.9. The monoisotopic (exact) mass is 234 g/mol. The number of phosphoric ester groups is 1. The van der Waals surface area contributed by atoms with Crippen LogP contribution in [0.5, 0.6) is 0 Å². The average Bonchev–Trinajstić information content (AvgIpc) is 2.01. The molecule has 0 amide bonds. The van der Waals surface area contributed by atoms with E-state index in [-0.39, 0.29) is 50.6 Å². The van der Waals surface area contributed by atoms with Crippen LogP contribution in [0.3, 0.4) is 0 Å². The van der Waals surface area contributed by atoms with E-state index in [9.17, 15) is 9.36 Å². The number of carbonyl (C=O) groups excluding carboxylic acids is 1. The maximum absolute atomic E-state index is 10.4. The molecule has 0 aliphatic carbocycles. The zero-order valence-corrected chi connectivity index (χ0v) is 10.8. The summed E-state index contributed by atoms with van der Waals surface area (Å²) in [5, 5.41) is 0. The summed E-state index contributed by atoms with van der Waals surface area (Å²) in [7, 11) is -4.40. The maximum atomic E-state index is 10.4. The van der Waals surface area contributed by atoms with E-state index >= 15 is 0 Å². The predicted molar refractivity (Wildman–Crippen MR) is 44.9 cm³/mol. The van der Waals surface area contributed by atoms with Crippen molar-refractivity contribution in [3.8, 4) is 0 Å². The number of hydrogen-bond donors (Lipinski definition) is 2. The summed E-state index contributed by atoms with van der Waals surface area (Å²) >= 11 is 0. The van der Waals surface area contributed by atoms with Crippen LogP contribution >= 0.6 is 7.82 Å². The van der Waals surface area contributed by atoms with Crippen molar-refractivity contribution in [3.63, 3.8) is 0 Å². The minimum absolute atomic E-state index is 0. The van der Waals surface area contributed by atoms with E-state index in [0.29, 0.717) is 0 Å². The van der Waals surface area contributed by atoms with Crippen molar-refractivity contribution in [1.29, 1.82) is 0 Å². The molecule has 6 nitrogen and oxygen atoms in total. The second-order valence-corrected chi connectivity index (χ2v) is 3.29. The number of rotatable bonds is 6. The molecule has 8 heteroatoms. The average molecular weight is 234 g/mol. The van der Waals surface area contributed by atoms with E-state index in [1.54, 1.807) is 0 Å². The molecule has 0 radical (unpaired) electrons. The minimum Gasteiger partial charge on any atom is -1.00 e. The summed E-state index contributed by atoms with van der Waals surface area (Å²) in [5.41, 5.74) is 0. The molecular weight excluding hydrogens is 222 g/mol. The molecule has 0 aromatic rings. The number of ether oxygens (including phenoxy) is 1. The van der Waals surface area contributed by atoms with Gasteiger partial charge in [-0.1, -0.05) is 6.58 Å². The van der Waals surface area contributed by atoms with Crippen molar-refractivity contribution in [1.82, 2.24) is 0 Å². The molecule has 0 rings (SSSR count). The molecule has 0 saturated carbocycles. The summed E-state index contributed by atoms with van der Waals surface area (Å²) < 4.78 is 18.7. The summed E-state index contributed by atoms with van der Waals surface area (Å²) in [6.07, 6.45) is 1.23. The fraction of sp³-hybridized carbons (Fsp3) is 0.500. The Balaban J connectivity index is -0.000000720. The van der Waals surface area contributed by atoms with Crippen molar-refractivity contribution in [2.75, 3.05) is 13.2 Å². The van der Waals surface area contributed by atoms with Gasteiger partial charge in [0, 0.05) is 12.5 Å². The minimum atomic E-state index is -4.40. The maximum Gasteiger partial charge on any atom is 1.00 e. The van der Waals surface area contributed by atoms with Crippen LogP contribution in [0.4, 0.5) is 0 Å². The summed E-state index contributed by atoms with van der Waals surface area (Å²) in [6, 6.07) is 0. The third kappa shape index (κ3) is 12.3. The Morgan fingerprint density at radius 3 is 2.50 bits per heavy atom. The number of esters is 1. The molecule has 0 bridgehead atoms. The van der Waals surface area contributed by atoms with Gasteiger partial charge in [0.05, 0.1) is 13.2 Å². The normalized spacial score (nSPS) is 10.1. The van der Waals surface area contributed by atoms with Gasteiger partial charge < -0.3 is 16.0 Å². The summed E-state index contributed by atoms with van der Waals surface area (Å²) in [6.45, 7) is 3.06. The Bertz CT molecular complexity index is 230. The quantitative estimate of drug-likeness (QED) is 0.171. The van der Waals surface area contributed by atoms with Crippen molar-refractivity contribution in [2.24, 2.45) is 0 Å². The van der Waals surface area contributed by atoms with Gasteiger partial charge in [-0.2, -0.15) is 0 Å². The van der Waals surface area contributed by atoms with Crippen molar-refractivity contribution in [2.45, 2.75) is 6.42 Å². The van der Waals surface area contributed by atoms with Gasteiger partial charge in [-0.3, -0.25) is 4.52 Å². The van der Waals surface area contributed by atoms with E-state index < -0.39 is 13.8 Å². The van der Waals surface area contributed by atoms with Crippen LogP contribution < -0.4 is 29.6 Å². The van der Waals surface area contributed by atoms with Crippen LogP contribution in [-0.4, -0.2) is 29.0 Å². The van der Waals surface area contributed by atoms with Gasteiger partial charge in [0.1, 0.15) is 0 Å². The van der Waals surface area contributed by atoms with Gasteiger partial charge in [0.15, 0.2) is 0 Å². The second kappa shape index (κ2) is 8.61. The van der Waals surface area contributed by atoms with Crippen molar-refractivity contribution in [3.05, 3.63) is 12.7 Å². The first kappa shape index (κ1) is 16.7. The van der Waals surface area contributed by atoms with Crippen molar-refractivity contribution >= 4 is 13.8 Å². The molecule has 2 N–H and O–H groups in total. The zero-order chi connectivity index (χ0) is 10.3. The largest absolute Gasteiger partial charge is 1.00 e. The second-order valence-electron chi connectivity index (χ2n) is 2.05. The first-order chi connectivity index (χ1) is 5.95. The van der Waals surface area contributed by atoms with Gasteiger partial charge >= 0.3 is 43.3 Å². The van der Waals surface area contributed by atoms with Crippen LogP contribution in [0.25, 0.3) is 0 Å². The van der Waals surface area contributed by atoms with E-state index in [1.165, 1.54) is 0 Å². The molecule has 0 atom stereocenters. The van der Waals surface area contributed by atoms with Gasteiger partial charge in [0.25, 0.3) is 0 Å². The molecule has 0 aliphatic heterocycles. The van der Waals surface area contributed by atoms with Crippen LogP contribution in [0.2, 0.25) is 0 Å². The molecule has 0 aliphatic rings. The van der Waals surface area contributed by atoms with E-state index in [4.69, 9.17) is 9.79 Å². The first-order valence-corrected chi connectivity index (χ1v) is 4.98. The Morgan fingerprint density at radius 2 is 2.07 bits per heavy atom. The van der Waals surface area contributed by atoms with Crippen LogP contribution in [0, 0.1) is 0 Å². The van der Waals surface area contributed by atoms with Gasteiger partial charge in [0.2, 0.25) is 0 Å². The van der Waals surface area contributed by atoms with Crippen LogP contribution in [-0.2, 0) is 18.6 Å². The van der Waals surface area contributed by atoms with E-state index in [1.807, 2.05) is 0 Å². The predicted octanol–water partition coefficient (Wildman–Crippen LogP) is -2.67. The molecule has 0 spiro atoms. The Hall–Kier alpha value is 0.320. The molecular formula is C6H12NaO6P. The molecule has 0 fully saturated rings. The molecule has 0 heterocycles. The topological polar surface area (TPSA) is 93.1 Å². The van der Waals surface area contributed by atoms with E-state index in [0.717, 1.165) is 6.08 Å². The SMILES string of the molecule is C=CC(=O)OCCCOP(=O)(O)O.[H-].[Na+]. The standard InChI is InChI=1S/C6H11O6P.Na.H/c1-2-6(7)11-4-3-5-12-13(8,9)10;;/h2H,1,3-5H2,(H2,8,9,10);;/q;+1;-1. The molecule has 0 aromatic carbocycles. The number of phosphoric acid groups is 1. The first-order valence-electron chi connectivity index (χ1n) is 3.45. The third-order valence-electron chi connectivity index (χ3n) is 0.959. The molecule has 14 heavy (non-hydrogen) atoms. The Morgan fingerprint density at radius 1 is 1.50 bits per heavy atom. The van der Waals surface area contributed by atoms with Gasteiger partial charge in [-0.15, -0.1) is 0 Å². The summed E-state index contributed by atoms with van der Waals surface area (Å²) in [5.74, 6) is -0.573. The smallest absolute Gasteiger partial charge is 1.00 e. The van der Waals surface area contributed by atoms with Crippen molar-refractivity contribution < 1.29 is 59.4 Å². The fourth-order valence-corrected chi connectivity index (χ4v) is 0.841. The van der Waals surface area contributed by atoms with Gasteiger partial charge in [-0.05, 0) is 0 Å². The fourth-order valence-electron chi connectivity index (χ4n) is 0.474. The van der Waals surface area contributed by atoms with E-state index in [2.05, 4.69) is 15.8 Å². The third-order valence-corrected chi connectivity index (χ3v) is 1.48. The Labute approximate surface area is 105 Å². The number of hydrogen-bond acceptors (Lipinski definition) is 4. The molecule has 0 unspecified atom stereocenters.